The molecule has 32 heavy (non-hydrogen) atoms. The van der Waals surface area contributed by atoms with Crippen molar-refractivity contribution in [2.24, 2.45) is 5.92 Å². The van der Waals surface area contributed by atoms with Crippen LogP contribution in [-0.2, 0) is 16.1 Å². The van der Waals surface area contributed by atoms with Crippen LogP contribution in [0.4, 0.5) is 5.69 Å². The second-order valence-electron chi connectivity index (χ2n) is 7.31. The average molecular weight is 496 g/mol. The normalized spacial score (nSPS) is 15.5. The molecule has 2 aromatic carbocycles. The van der Waals surface area contributed by atoms with Gasteiger partial charge in [-0.05, 0) is 42.3 Å². The van der Waals surface area contributed by atoms with Crippen molar-refractivity contribution in [1.82, 2.24) is 10.3 Å². The van der Waals surface area contributed by atoms with Gasteiger partial charge in [-0.15, -0.1) is 0 Å². The van der Waals surface area contributed by atoms with Crippen LogP contribution in [0.25, 0.3) is 0 Å². The summed E-state index contributed by atoms with van der Waals surface area (Å²) in [6.07, 6.45) is 2.13. The summed E-state index contributed by atoms with van der Waals surface area (Å²) in [7, 11) is 1.60. The smallest absolute Gasteiger partial charge is 0.239 e. The highest BCUT2D eigenvalue weighted by molar-refractivity contribution is 9.10. The summed E-state index contributed by atoms with van der Waals surface area (Å²) in [5.74, 6) is 0.612. The van der Waals surface area contributed by atoms with E-state index in [0.29, 0.717) is 30.3 Å². The van der Waals surface area contributed by atoms with Gasteiger partial charge >= 0.3 is 0 Å². The van der Waals surface area contributed by atoms with Crippen LogP contribution in [-0.4, -0.2) is 30.5 Å². The number of nitrogens with zero attached hydrogens (tertiary/aromatic N) is 2. The summed E-state index contributed by atoms with van der Waals surface area (Å²) in [4.78, 5) is 31.3. The van der Waals surface area contributed by atoms with E-state index in [1.807, 2.05) is 48.5 Å². The Labute approximate surface area is 194 Å². The topological polar surface area (TPSA) is 80.8 Å². The van der Waals surface area contributed by atoms with Crippen LogP contribution in [0.5, 0.6) is 17.4 Å². The second-order valence-corrected chi connectivity index (χ2v) is 8.23. The predicted octanol–water partition coefficient (Wildman–Crippen LogP) is 4.31. The molecule has 3 aromatic rings. The monoisotopic (exact) mass is 495 g/mol. The lowest BCUT2D eigenvalue weighted by molar-refractivity contribution is -0.132. The Kier molecular flexibility index (Phi) is 6.70. The standard InChI is InChI=1S/C24H22BrN3O4/c1-31-19-6-3-7-20(13-19)32-22-9-8-16(14-26-22)15-27-23(29)21-10-11-28(24(21)30)18-5-2-4-17(25)12-18/h2-9,12-14,21H,10-11,15H2,1H3,(H,27,29). The highest BCUT2D eigenvalue weighted by Gasteiger charge is 2.37. The van der Waals surface area contributed by atoms with Crippen LogP contribution >= 0.6 is 15.9 Å². The second kappa shape index (κ2) is 9.82. The molecule has 2 heterocycles. The number of hydrogen-bond donors (Lipinski definition) is 1. The lowest BCUT2D eigenvalue weighted by Crippen LogP contribution is -2.36. The van der Waals surface area contributed by atoms with Crippen molar-refractivity contribution in [1.29, 1.82) is 0 Å². The molecule has 1 unspecified atom stereocenters. The number of carbonyl (C=O) groups is 2. The van der Waals surface area contributed by atoms with Gasteiger partial charge in [0.25, 0.3) is 0 Å². The van der Waals surface area contributed by atoms with Crippen molar-refractivity contribution in [3.63, 3.8) is 0 Å². The number of ether oxygens (including phenoxy) is 2. The first-order valence-electron chi connectivity index (χ1n) is 10.1. The highest BCUT2D eigenvalue weighted by atomic mass is 79.9. The first kappa shape index (κ1) is 21.8. The van der Waals surface area contributed by atoms with Crippen LogP contribution < -0.4 is 19.7 Å². The van der Waals surface area contributed by atoms with E-state index in [2.05, 4.69) is 26.2 Å². The molecule has 0 bridgehead atoms. The minimum atomic E-state index is -0.683. The Hall–Kier alpha value is -3.39. The van der Waals surface area contributed by atoms with Gasteiger partial charge in [0, 0.05) is 41.6 Å². The fourth-order valence-electron chi connectivity index (χ4n) is 3.50. The molecule has 4 rings (SSSR count). The van der Waals surface area contributed by atoms with Gasteiger partial charge in [-0.3, -0.25) is 9.59 Å². The predicted molar refractivity (Wildman–Crippen MR) is 124 cm³/mol. The molecule has 164 valence electrons. The molecule has 1 aliphatic rings. The molecule has 2 amide bonds. The minimum Gasteiger partial charge on any atom is -0.497 e. The van der Waals surface area contributed by atoms with Gasteiger partial charge in [-0.1, -0.05) is 34.1 Å². The number of rotatable bonds is 7. The Morgan fingerprint density at radius 2 is 1.97 bits per heavy atom. The molecule has 0 aliphatic carbocycles. The summed E-state index contributed by atoms with van der Waals surface area (Å²) in [5.41, 5.74) is 1.60. The molecule has 7 nitrogen and oxygen atoms in total. The fourth-order valence-corrected chi connectivity index (χ4v) is 3.88. The van der Waals surface area contributed by atoms with E-state index in [1.54, 1.807) is 30.3 Å². The molecule has 1 atom stereocenters. The summed E-state index contributed by atoms with van der Waals surface area (Å²) in [6, 6.07) is 18.3. The zero-order valence-electron chi connectivity index (χ0n) is 17.5. The van der Waals surface area contributed by atoms with Gasteiger partial charge in [0.1, 0.15) is 17.4 Å². The number of hydrogen-bond acceptors (Lipinski definition) is 5. The molecular formula is C24H22BrN3O4. The number of benzene rings is 2. The Bertz CT molecular complexity index is 1120. The van der Waals surface area contributed by atoms with Crippen LogP contribution in [0.15, 0.2) is 71.3 Å². The molecular weight excluding hydrogens is 474 g/mol. The molecule has 1 aromatic heterocycles. The zero-order chi connectivity index (χ0) is 22.5. The number of anilines is 1. The summed E-state index contributed by atoms with van der Waals surface area (Å²) in [6.45, 7) is 0.803. The van der Waals surface area contributed by atoms with Crippen molar-refractivity contribution >= 4 is 33.4 Å². The van der Waals surface area contributed by atoms with Gasteiger partial charge in [0.2, 0.25) is 17.7 Å². The van der Waals surface area contributed by atoms with Gasteiger partial charge in [0.05, 0.1) is 7.11 Å². The maximum absolute atomic E-state index is 12.7. The van der Waals surface area contributed by atoms with Crippen molar-refractivity contribution in [2.75, 3.05) is 18.6 Å². The minimum absolute atomic E-state index is 0.180. The number of amides is 2. The molecule has 8 heteroatoms. The van der Waals surface area contributed by atoms with E-state index in [1.165, 1.54) is 0 Å². The summed E-state index contributed by atoms with van der Waals surface area (Å²) < 4.78 is 11.8. The zero-order valence-corrected chi connectivity index (χ0v) is 19.0. The van der Waals surface area contributed by atoms with Gasteiger partial charge in [-0.25, -0.2) is 4.98 Å². The van der Waals surface area contributed by atoms with Crippen molar-refractivity contribution in [3.05, 3.63) is 76.9 Å². The van der Waals surface area contributed by atoms with E-state index in [9.17, 15) is 9.59 Å². The molecule has 1 fully saturated rings. The third-order valence-electron chi connectivity index (χ3n) is 5.17. The number of pyridine rings is 1. The Balaban J connectivity index is 1.31. The first-order valence-corrected chi connectivity index (χ1v) is 10.9. The van der Waals surface area contributed by atoms with Crippen molar-refractivity contribution in [3.8, 4) is 17.4 Å². The Morgan fingerprint density at radius 1 is 1.16 bits per heavy atom. The molecule has 0 spiro atoms. The van der Waals surface area contributed by atoms with E-state index < -0.39 is 5.92 Å². The number of nitrogens with one attached hydrogen (secondary N) is 1. The van der Waals surface area contributed by atoms with Crippen LogP contribution in [0.1, 0.15) is 12.0 Å². The van der Waals surface area contributed by atoms with Crippen LogP contribution in [0.2, 0.25) is 0 Å². The average Bonchev–Trinajstić information content (AvgIpc) is 3.20. The SMILES string of the molecule is COc1cccc(Oc2ccc(CNC(=O)C3CCN(c4cccc(Br)c4)C3=O)cn2)c1. The first-order chi connectivity index (χ1) is 15.5. The van der Waals surface area contributed by atoms with E-state index >= 15 is 0 Å². The van der Waals surface area contributed by atoms with Crippen molar-refractivity contribution < 1.29 is 19.1 Å². The molecule has 1 aliphatic heterocycles. The van der Waals surface area contributed by atoms with Gasteiger partial charge < -0.3 is 19.7 Å². The highest BCUT2D eigenvalue weighted by Crippen LogP contribution is 2.28. The maximum Gasteiger partial charge on any atom is 0.239 e. The third-order valence-corrected chi connectivity index (χ3v) is 5.66. The number of halogens is 1. The Morgan fingerprint density at radius 3 is 2.72 bits per heavy atom. The van der Waals surface area contributed by atoms with Crippen molar-refractivity contribution in [2.45, 2.75) is 13.0 Å². The van der Waals surface area contributed by atoms with Gasteiger partial charge in [-0.2, -0.15) is 0 Å². The number of methoxy groups -OCH3 is 1. The van der Waals surface area contributed by atoms with E-state index in [0.717, 1.165) is 15.7 Å². The lowest BCUT2D eigenvalue weighted by atomic mass is 10.1. The molecule has 0 radical (unpaired) electrons. The van der Waals surface area contributed by atoms with Gasteiger partial charge in [0.15, 0.2) is 0 Å². The molecule has 0 saturated carbocycles. The summed E-state index contributed by atoms with van der Waals surface area (Å²) >= 11 is 3.42. The maximum atomic E-state index is 12.7. The summed E-state index contributed by atoms with van der Waals surface area (Å²) in [5, 5.41) is 2.85. The lowest BCUT2D eigenvalue weighted by Gasteiger charge is -2.17. The number of carbonyl (C=O) groups excluding carboxylic acids is 2. The van der Waals surface area contributed by atoms with E-state index in [-0.39, 0.29) is 18.4 Å². The van der Waals surface area contributed by atoms with E-state index in [4.69, 9.17) is 9.47 Å². The van der Waals surface area contributed by atoms with Crippen LogP contribution in [0.3, 0.4) is 0 Å². The fraction of sp³-hybridized carbons (Fsp3) is 0.208. The third kappa shape index (κ3) is 5.08. The number of aromatic nitrogens is 1. The quantitative estimate of drug-likeness (QED) is 0.493. The van der Waals surface area contributed by atoms with Crippen LogP contribution in [0, 0.1) is 5.92 Å². The molecule has 1 saturated heterocycles. The largest absolute Gasteiger partial charge is 0.497 e. The molecule has 1 N–H and O–H groups in total.